The van der Waals surface area contributed by atoms with Crippen molar-refractivity contribution in [3.8, 4) is 0 Å². The molecule has 0 N–H and O–H groups in total. The van der Waals surface area contributed by atoms with E-state index >= 15 is 0 Å². The van der Waals surface area contributed by atoms with E-state index in [-0.39, 0.29) is 36.3 Å². The summed E-state index contributed by atoms with van der Waals surface area (Å²) in [6.45, 7) is 19.4. The maximum atomic E-state index is 4.08. The average Bonchev–Trinajstić information content (AvgIpc) is 2.67. The van der Waals surface area contributed by atoms with E-state index in [1.54, 1.807) is 6.16 Å². The van der Waals surface area contributed by atoms with Gasteiger partial charge >= 0.3 is 0 Å². The van der Waals surface area contributed by atoms with Crippen LogP contribution in [0, 0.1) is 6.07 Å². The molecule has 0 unspecified atom stereocenters. The molecule has 0 atom stereocenters. The van der Waals surface area contributed by atoms with Crippen LogP contribution in [0.5, 0.6) is 0 Å². The van der Waals surface area contributed by atoms with Gasteiger partial charge in [-0.25, -0.2) is 0 Å². The summed E-state index contributed by atoms with van der Waals surface area (Å²) < 4.78 is 0. The van der Waals surface area contributed by atoms with Crippen molar-refractivity contribution >= 4 is 28.5 Å². The largest absolute Gasteiger partial charge is 0.143 e. The first-order valence-electron chi connectivity index (χ1n) is 10.9. The third-order valence-corrected chi connectivity index (χ3v) is 12.7. The van der Waals surface area contributed by atoms with E-state index < -0.39 is 0 Å². The van der Waals surface area contributed by atoms with Crippen molar-refractivity contribution in [2.75, 3.05) is 12.3 Å². The number of thiol groups is 1. The summed E-state index contributed by atoms with van der Waals surface area (Å²) in [5.41, 5.74) is 3.72. The Labute approximate surface area is 210 Å². The molecular formula is C26H44P2PdS+. The van der Waals surface area contributed by atoms with Crippen LogP contribution in [-0.2, 0) is 20.4 Å². The summed E-state index contributed by atoms with van der Waals surface area (Å²) in [5.74, 6) is 0. The van der Waals surface area contributed by atoms with Crippen LogP contribution < -0.4 is 0 Å². The number of rotatable bonds is 7. The van der Waals surface area contributed by atoms with Gasteiger partial charge in [0, 0.05) is 39.4 Å². The molecule has 0 aliphatic carbocycles. The molecule has 0 aliphatic heterocycles. The molecule has 0 nitrogen and oxygen atoms in total. The number of benzene rings is 2. The standard InChI is InChI=1S/C14H32P2.C6H6S.C6H5.Pd/c1-11(2)15(12(3)4)9-10-16(13(5)6)14(7)8;7-6-4-2-1-3-5-6;1-2-4-6-5-3-1;/h11-14H,9-10H2,1-8H3;1-5,7H;1-5H;/p+1. The van der Waals surface area contributed by atoms with Gasteiger partial charge in [0.05, 0.1) is 17.5 Å². The summed E-state index contributed by atoms with van der Waals surface area (Å²) >= 11 is 4.08. The Morgan fingerprint density at radius 3 is 1.43 bits per heavy atom. The third kappa shape index (κ3) is 16.9. The van der Waals surface area contributed by atoms with E-state index in [9.17, 15) is 0 Å². The maximum Gasteiger partial charge on any atom is 0.0621 e. The summed E-state index contributed by atoms with van der Waals surface area (Å²) in [6, 6.07) is 22.3. The van der Waals surface area contributed by atoms with Gasteiger partial charge in [0.2, 0.25) is 0 Å². The van der Waals surface area contributed by atoms with Crippen LogP contribution in [0.15, 0.2) is 65.6 Å². The van der Waals surface area contributed by atoms with E-state index in [2.05, 4.69) is 74.1 Å². The Bertz CT molecular complexity index is 526. The van der Waals surface area contributed by atoms with Crippen LogP contribution in [0.1, 0.15) is 55.4 Å². The summed E-state index contributed by atoms with van der Waals surface area (Å²) in [4.78, 5) is 1.02. The maximum absolute atomic E-state index is 4.08. The average molecular weight is 557 g/mol. The molecule has 0 fully saturated rings. The molecule has 0 aliphatic rings. The fourth-order valence-corrected chi connectivity index (χ4v) is 10.3. The summed E-state index contributed by atoms with van der Waals surface area (Å²) in [6.07, 6.45) is 3.07. The van der Waals surface area contributed by atoms with Gasteiger partial charge in [0.1, 0.15) is 0 Å². The normalized spacial score (nSPS) is 10.6. The van der Waals surface area contributed by atoms with Crippen molar-refractivity contribution in [2.24, 2.45) is 0 Å². The van der Waals surface area contributed by atoms with Gasteiger partial charge in [-0.05, 0) is 57.2 Å². The van der Waals surface area contributed by atoms with Crippen molar-refractivity contribution in [3.63, 3.8) is 0 Å². The quantitative estimate of drug-likeness (QED) is 0.197. The first-order valence-corrected chi connectivity index (χ1v) is 14.9. The molecule has 2 aromatic rings. The molecule has 1 radical (unpaired) electrons. The summed E-state index contributed by atoms with van der Waals surface area (Å²) in [5, 5.41) is 0. The molecule has 0 heterocycles. The van der Waals surface area contributed by atoms with E-state index in [0.29, 0.717) is 0 Å². The van der Waals surface area contributed by atoms with E-state index in [1.165, 1.54) is 6.16 Å². The van der Waals surface area contributed by atoms with Crippen LogP contribution >= 0.6 is 28.5 Å². The van der Waals surface area contributed by atoms with E-state index in [4.69, 9.17) is 0 Å². The molecule has 30 heavy (non-hydrogen) atoms. The molecule has 2 rings (SSSR count). The minimum atomic E-state index is -0.124. The number of hydrogen-bond donors (Lipinski definition) is 1. The van der Waals surface area contributed by atoms with Crippen LogP contribution in [0.2, 0.25) is 0 Å². The fraction of sp³-hybridized carbons (Fsp3) is 0.538. The molecular weight excluding hydrogens is 513 g/mol. The second kappa shape index (κ2) is 20.0. The molecule has 4 heteroatoms. The second-order valence-corrected chi connectivity index (χ2v) is 16.5. The molecule has 0 saturated carbocycles. The van der Waals surface area contributed by atoms with Crippen LogP contribution in [0.4, 0.5) is 0 Å². The Balaban J connectivity index is 0. The van der Waals surface area contributed by atoms with Crippen LogP contribution in [0.25, 0.3) is 0 Å². The van der Waals surface area contributed by atoms with Gasteiger partial charge in [-0.2, -0.15) is 0 Å². The Hall–Kier alpha value is 0.312. The zero-order valence-corrected chi connectivity index (χ0v) is 24.6. The number of hydrogen-bond acceptors (Lipinski definition) is 1. The van der Waals surface area contributed by atoms with Gasteiger partial charge in [0.25, 0.3) is 0 Å². The Morgan fingerprint density at radius 2 is 1.20 bits per heavy atom. The monoisotopic (exact) mass is 556 g/mol. The first kappa shape index (κ1) is 32.5. The molecule has 173 valence electrons. The van der Waals surface area contributed by atoms with Crippen molar-refractivity contribution in [1.82, 2.24) is 0 Å². The smallest absolute Gasteiger partial charge is 0.0621 e. The predicted octanol–water partition coefficient (Wildman–Crippen LogP) is 8.78. The Kier molecular flexibility index (Phi) is 21.6. The minimum absolute atomic E-state index is 0. The molecule has 0 bridgehead atoms. The van der Waals surface area contributed by atoms with Crippen molar-refractivity contribution in [1.29, 1.82) is 0 Å². The molecule has 0 spiro atoms. The van der Waals surface area contributed by atoms with Crippen molar-refractivity contribution < 1.29 is 20.4 Å². The second-order valence-electron chi connectivity index (χ2n) is 8.47. The predicted molar refractivity (Wildman–Crippen MR) is 144 cm³/mol. The van der Waals surface area contributed by atoms with Crippen LogP contribution in [0.3, 0.4) is 0 Å². The molecule has 2 aromatic carbocycles. The topological polar surface area (TPSA) is 0 Å². The molecule has 0 saturated heterocycles. The van der Waals surface area contributed by atoms with Crippen molar-refractivity contribution in [2.45, 2.75) is 82.9 Å². The SMILES string of the molecule is CC(C)P(CC[PH+](C(C)C)C(C)C)C(C)C.Sc1ccccc1.[Pd].[c]1ccccc1. The molecule has 0 aromatic heterocycles. The van der Waals surface area contributed by atoms with E-state index in [0.717, 1.165) is 27.5 Å². The third-order valence-electron chi connectivity index (χ3n) is 4.83. The van der Waals surface area contributed by atoms with Gasteiger partial charge < -0.3 is 0 Å². The van der Waals surface area contributed by atoms with Gasteiger partial charge in [-0.3, -0.25) is 0 Å². The van der Waals surface area contributed by atoms with Gasteiger partial charge in [-0.15, -0.1) is 12.6 Å². The fourth-order valence-electron chi connectivity index (χ4n) is 3.38. The van der Waals surface area contributed by atoms with Crippen molar-refractivity contribution in [3.05, 3.63) is 66.7 Å². The van der Waals surface area contributed by atoms with Crippen LogP contribution in [-0.4, -0.2) is 35.0 Å². The van der Waals surface area contributed by atoms with Gasteiger partial charge in [-0.1, -0.05) is 84.1 Å². The first-order chi connectivity index (χ1) is 13.7. The van der Waals surface area contributed by atoms with Gasteiger partial charge in [0.15, 0.2) is 0 Å². The molecule has 0 amide bonds. The zero-order valence-electron chi connectivity index (χ0n) is 20.2. The Morgan fingerprint density at radius 1 is 0.767 bits per heavy atom. The van der Waals surface area contributed by atoms with E-state index in [1.807, 2.05) is 60.7 Å². The zero-order chi connectivity index (χ0) is 22.2. The minimum Gasteiger partial charge on any atom is -0.143 e. The summed E-state index contributed by atoms with van der Waals surface area (Å²) in [7, 11) is 0.141.